The quantitative estimate of drug-likeness (QED) is 0.412. The molecule has 0 aliphatic heterocycles. The van der Waals surface area contributed by atoms with Crippen LogP contribution in [0.3, 0.4) is 0 Å². The molecule has 2 aromatic carbocycles. The van der Waals surface area contributed by atoms with Crippen molar-refractivity contribution in [3.05, 3.63) is 82.7 Å². The van der Waals surface area contributed by atoms with Crippen molar-refractivity contribution in [1.29, 1.82) is 0 Å². The maximum absolute atomic E-state index is 11.0. The van der Waals surface area contributed by atoms with E-state index in [4.69, 9.17) is 0 Å². The molecule has 0 N–H and O–H groups in total. The van der Waals surface area contributed by atoms with Gasteiger partial charge in [-0.15, -0.1) is 18.6 Å². The predicted molar refractivity (Wildman–Crippen MR) is 75.1 cm³/mol. The second kappa shape index (κ2) is 6.74. The Balaban J connectivity index is 0.00000161. The van der Waals surface area contributed by atoms with Gasteiger partial charge in [-0.1, -0.05) is 29.8 Å². The first-order valence-electron chi connectivity index (χ1n) is 6.03. The maximum Gasteiger partial charge on any atom is 0.197 e. The smallest absolute Gasteiger partial charge is 0.197 e. The number of nitrogens with zero attached hydrogens (tertiary/aromatic N) is 3. The van der Waals surface area contributed by atoms with Crippen LogP contribution in [0.1, 0.15) is 11.3 Å². The van der Waals surface area contributed by atoms with Crippen molar-refractivity contribution in [2.75, 3.05) is 0 Å². The second-order valence-electron chi connectivity index (χ2n) is 4.24. The largest absolute Gasteiger partial charge is 0.267 e. The summed E-state index contributed by atoms with van der Waals surface area (Å²) in [7, 11) is 0. The van der Waals surface area contributed by atoms with Crippen molar-refractivity contribution in [3.63, 3.8) is 0 Å². The van der Waals surface area contributed by atoms with E-state index in [-0.39, 0.29) is 38.4 Å². The minimum absolute atomic E-state index is 0. The molecule has 0 spiro atoms. The van der Waals surface area contributed by atoms with Crippen molar-refractivity contribution in [2.24, 2.45) is 0 Å². The van der Waals surface area contributed by atoms with Crippen LogP contribution in [0.4, 0.5) is 5.69 Å². The van der Waals surface area contributed by atoms with Crippen LogP contribution >= 0.6 is 0 Å². The number of nitro benzene ring substituents is 1. The summed E-state index contributed by atoms with van der Waals surface area (Å²) in [5.41, 5.74) is 2.08. The van der Waals surface area contributed by atoms with Crippen LogP contribution in [-0.2, 0) is 32.7 Å². The summed E-state index contributed by atoms with van der Waals surface area (Å²) in [6.45, 7) is 0. The number of hydrogen-bond donors (Lipinski definition) is 0. The topological polar surface area (TPSA) is 68.9 Å². The van der Waals surface area contributed by atoms with Gasteiger partial charge in [-0.3, -0.25) is 15.1 Å². The molecule has 0 atom stereocenters. The van der Waals surface area contributed by atoms with Crippen molar-refractivity contribution in [1.82, 2.24) is 9.97 Å². The van der Waals surface area contributed by atoms with Crippen LogP contribution in [0.5, 0.6) is 0 Å². The van der Waals surface area contributed by atoms with Crippen LogP contribution < -0.4 is 0 Å². The molecule has 0 saturated carbocycles. The molecule has 0 amide bonds. The Hall–Kier alpha value is -1.85. The number of hydrogen-bond acceptors (Lipinski definition) is 4. The summed E-state index contributed by atoms with van der Waals surface area (Å²) in [6, 6.07) is 14.2. The third kappa shape index (κ3) is 3.25. The van der Waals surface area contributed by atoms with Crippen molar-refractivity contribution < 1.29 is 37.6 Å². The molecule has 6 heteroatoms. The van der Waals surface area contributed by atoms with Gasteiger partial charge in [0.15, 0.2) is 5.69 Å². The Morgan fingerprint density at radius 3 is 2.52 bits per heavy atom. The van der Waals surface area contributed by atoms with E-state index in [0.29, 0.717) is 11.3 Å². The van der Waals surface area contributed by atoms with Gasteiger partial charge in [-0.2, -0.15) is 0 Å². The van der Waals surface area contributed by atoms with Gasteiger partial charge in [0.2, 0.25) is 0 Å². The molecule has 0 saturated heterocycles. The van der Waals surface area contributed by atoms with Gasteiger partial charge in [0.05, 0.1) is 0 Å². The summed E-state index contributed by atoms with van der Waals surface area (Å²) >= 11 is 0. The summed E-state index contributed by atoms with van der Waals surface area (Å²) in [5.74, 6) is 0. The average molecular weight is 353 g/mol. The zero-order valence-corrected chi connectivity index (χ0v) is 13.8. The monoisotopic (exact) mass is 353 g/mol. The molecule has 0 bridgehead atoms. The molecular weight excluding hydrogens is 343 g/mol. The van der Waals surface area contributed by atoms with Gasteiger partial charge >= 0.3 is 0 Å². The van der Waals surface area contributed by atoms with Crippen LogP contribution in [0, 0.1) is 16.5 Å². The molecule has 0 aliphatic rings. The van der Waals surface area contributed by atoms with Crippen molar-refractivity contribution in [3.8, 4) is 0 Å². The molecule has 3 rings (SSSR count). The molecule has 101 valence electrons. The van der Waals surface area contributed by atoms with E-state index in [1.807, 2.05) is 24.3 Å². The predicted octanol–water partition coefficient (Wildman–Crippen LogP) is 3.14. The van der Waals surface area contributed by atoms with E-state index in [2.05, 4.69) is 9.97 Å². The van der Waals surface area contributed by atoms with Gasteiger partial charge in [-0.25, -0.2) is 4.98 Å². The van der Waals surface area contributed by atoms with E-state index in [1.165, 1.54) is 12.4 Å². The minimum Gasteiger partial charge on any atom is -0.267 e. The van der Waals surface area contributed by atoms with E-state index in [1.54, 1.807) is 24.6 Å². The molecule has 5 nitrogen and oxygen atoms in total. The molecule has 21 heavy (non-hydrogen) atoms. The van der Waals surface area contributed by atoms with E-state index < -0.39 is 4.92 Å². The summed E-state index contributed by atoms with van der Waals surface area (Å²) in [6.07, 6.45) is 3.17. The van der Waals surface area contributed by atoms with Crippen LogP contribution in [0.25, 0.3) is 10.9 Å². The van der Waals surface area contributed by atoms with Gasteiger partial charge in [0.1, 0.15) is 6.33 Å². The third-order valence-corrected chi connectivity index (χ3v) is 3.00. The van der Waals surface area contributed by atoms with E-state index in [9.17, 15) is 10.1 Å². The zero-order valence-electron chi connectivity index (χ0n) is 11.0. The number of aromatic nitrogens is 2. The SMILES string of the molecule is O=[N+]([O-])c1ccccc1[CH-]c1ncnc2ccccc12.[Y]. The molecule has 0 fully saturated rings. The van der Waals surface area contributed by atoms with Crippen LogP contribution in [0.15, 0.2) is 54.9 Å². The summed E-state index contributed by atoms with van der Waals surface area (Å²) in [4.78, 5) is 19.0. The van der Waals surface area contributed by atoms with Crippen LogP contribution in [0.2, 0.25) is 0 Å². The van der Waals surface area contributed by atoms with E-state index >= 15 is 0 Å². The van der Waals surface area contributed by atoms with Gasteiger partial charge in [-0.05, 0) is 23.2 Å². The Morgan fingerprint density at radius 1 is 1.00 bits per heavy atom. The van der Waals surface area contributed by atoms with Gasteiger partial charge < -0.3 is 0 Å². The summed E-state index contributed by atoms with van der Waals surface area (Å²) < 4.78 is 0. The average Bonchev–Trinajstić information content (AvgIpc) is 2.48. The molecule has 0 unspecified atom stereocenters. The number of fused-ring (bicyclic) bond motifs is 1. The molecule has 1 aromatic heterocycles. The first-order chi connectivity index (χ1) is 9.75. The Labute approximate surface area is 146 Å². The molecule has 3 aromatic rings. The molecule has 1 radical (unpaired) electrons. The molecule has 0 aliphatic carbocycles. The Kier molecular flexibility index (Phi) is 4.99. The number of para-hydroxylation sites is 2. The first kappa shape index (κ1) is 15.5. The number of nitro groups is 1. The third-order valence-electron chi connectivity index (χ3n) is 3.00. The van der Waals surface area contributed by atoms with Gasteiger partial charge in [0, 0.05) is 43.1 Å². The number of benzene rings is 2. The molecule has 1 heterocycles. The fraction of sp³-hybridized carbons (Fsp3) is 0. The standard InChI is InChI=1S/C15H10N3O2.Y/c19-18(20)15-8-4-1-5-11(15)9-14-12-6-2-3-7-13(12)16-10-17-14;/h1-10H;/q-1;. The number of rotatable bonds is 3. The van der Waals surface area contributed by atoms with Crippen molar-refractivity contribution >= 4 is 16.6 Å². The minimum atomic E-state index is -0.394. The summed E-state index contributed by atoms with van der Waals surface area (Å²) in [5, 5.41) is 11.9. The second-order valence-corrected chi connectivity index (χ2v) is 4.24. The fourth-order valence-corrected chi connectivity index (χ4v) is 2.06. The maximum atomic E-state index is 11.0. The van der Waals surface area contributed by atoms with Crippen molar-refractivity contribution in [2.45, 2.75) is 0 Å². The van der Waals surface area contributed by atoms with E-state index in [0.717, 1.165) is 10.9 Å². The van der Waals surface area contributed by atoms with Gasteiger partial charge in [0.25, 0.3) is 0 Å². The van der Waals surface area contributed by atoms with Crippen LogP contribution in [-0.4, -0.2) is 14.9 Å². The Bertz CT molecular complexity index is 787. The molecular formula is C15H10N3O2Y-. The zero-order chi connectivity index (χ0) is 13.9. The fourth-order valence-electron chi connectivity index (χ4n) is 2.06. The normalized spacial score (nSPS) is 9.90. The Morgan fingerprint density at radius 2 is 1.71 bits per heavy atom. The first-order valence-corrected chi connectivity index (χ1v) is 6.03.